The van der Waals surface area contributed by atoms with Gasteiger partial charge in [0.2, 0.25) is 0 Å². The fourth-order valence-electron chi connectivity index (χ4n) is 1.81. The zero-order valence-electron chi connectivity index (χ0n) is 12.9. The second kappa shape index (κ2) is 8.33. The number of carbonyl (C=O) groups is 3. The van der Waals surface area contributed by atoms with E-state index in [9.17, 15) is 14.4 Å². The molecule has 0 heterocycles. The van der Waals surface area contributed by atoms with Gasteiger partial charge in [-0.2, -0.15) is 5.48 Å². The number of anilines is 1. The van der Waals surface area contributed by atoms with Crippen molar-refractivity contribution in [2.75, 3.05) is 5.32 Å². The molecule has 0 saturated carbocycles. The average molecular weight is 328 g/mol. The van der Waals surface area contributed by atoms with E-state index in [4.69, 9.17) is 4.74 Å². The molecule has 7 heteroatoms. The molecule has 0 aliphatic heterocycles. The number of benzene rings is 2. The first-order valence-corrected chi connectivity index (χ1v) is 7.10. The summed E-state index contributed by atoms with van der Waals surface area (Å²) in [5.74, 6) is -1.16. The minimum Gasteiger partial charge on any atom is -0.457 e. The molecule has 0 saturated heterocycles. The minimum atomic E-state index is -0.736. The van der Waals surface area contributed by atoms with Crippen LogP contribution < -0.4 is 10.8 Å². The van der Waals surface area contributed by atoms with Gasteiger partial charge in [-0.3, -0.25) is 4.79 Å². The lowest BCUT2D eigenvalue weighted by atomic mass is 10.2. The molecule has 0 atom stereocenters. The van der Waals surface area contributed by atoms with Crippen LogP contribution in [0, 0.1) is 0 Å². The number of carbonyl (C=O) groups excluding carboxylic acids is 3. The van der Waals surface area contributed by atoms with Crippen molar-refractivity contribution in [2.45, 2.75) is 13.5 Å². The van der Waals surface area contributed by atoms with Gasteiger partial charge in [0.15, 0.2) is 0 Å². The molecule has 7 nitrogen and oxygen atoms in total. The van der Waals surface area contributed by atoms with E-state index in [1.54, 1.807) is 18.2 Å². The van der Waals surface area contributed by atoms with Gasteiger partial charge in [0, 0.05) is 12.6 Å². The lowest BCUT2D eigenvalue weighted by molar-refractivity contribution is -0.145. The maximum atomic E-state index is 12.1. The Kier molecular flexibility index (Phi) is 5.90. The topological polar surface area (TPSA) is 93.7 Å². The van der Waals surface area contributed by atoms with Gasteiger partial charge in [-0.1, -0.05) is 36.4 Å². The Morgan fingerprint density at radius 1 is 1.00 bits per heavy atom. The third kappa shape index (κ3) is 5.45. The highest BCUT2D eigenvalue weighted by Gasteiger charge is 2.10. The van der Waals surface area contributed by atoms with E-state index in [1.807, 2.05) is 35.8 Å². The first-order chi connectivity index (χ1) is 11.5. The zero-order chi connectivity index (χ0) is 17.4. The SMILES string of the molecule is CC(=O)ONC(=O)Nc1cccc(C(=O)OCc2ccccc2)c1. The van der Waals surface area contributed by atoms with Gasteiger partial charge in [-0.05, 0) is 23.8 Å². The van der Waals surface area contributed by atoms with Crippen molar-refractivity contribution in [3.05, 3.63) is 65.7 Å². The average Bonchev–Trinajstić information content (AvgIpc) is 2.59. The number of hydrogen-bond acceptors (Lipinski definition) is 5. The Bertz CT molecular complexity index is 731. The van der Waals surface area contributed by atoms with Gasteiger partial charge in [0.05, 0.1) is 5.56 Å². The molecule has 2 N–H and O–H groups in total. The number of hydroxylamine groups is 1. The standard InChI is InChI=1S/C17H16N2O5/c1-12(20)24-19-17(22)18-15-9-5-8-14(10-15)16(21)23-11-13-6-3-2-4-7-13/h2-10H,11H2,1H3,(H2,18,19,22). The van der Waals surface area contributed by atoms with Gasteiger partial charge < -0.3 is 14.9 Å². The third-order valence-electron chi connectivity index (χ3n) is 2.86. The zero-order valence-corrected chi connectivity index (χ0v) is 12.9. The summed E-state index contributed by atoms with van der Waals surface area (Å²) in [7, 11) is 0. The highest BCUT2D eigenvalue weighted by Crippen LogP contribution is 2.12. The van der Waals surface area contributed by atoms with Crippen molar-refractivity contribution in [1.82, 2.24) is 5.48 Å². The van der Waals surface area contributed by atoms with Gasteiger partial charge >= 0.3 is 18.0 Å². The monoisotopic (exact) mass is 328 g/mol. The molecule has 0 aliphatic carbocycles. The van der Waals surface area contributed by atoms with E-state index in [0.29, 0.717) is 5.69 Å². The summed E-state index contributed by atoms with van der Waals surface area (Å²) in [5.41, 5.74) is 3.43. The van der Waals surface area contributed by atoms with E-state index >= 15 is 0 Å². The molecule has 0 aliphatic rings. The number of urea groups is 1. The van der Waals surface area contributed by atoms with Gasteiger partial charge in [-0.15, -0.1) is 0 Å². The van der Waals surface area contributed by atoms with Crippen LogP contribution in [0.3, 0.4) is 0 Å². The largest absolute Gasteiger partial charge is 0.457 e. The second-order valence-electron chi connectivity index (χ2n) is 4.79. The summed E-state index contributed by atoms with van der Waals surface area (Å²) in [6.45, 7) is 1.31. The van der Waals surface area contributed by atoms with Crippen molar-refractivity contribution in [3.63, 3.8) is 0 Å². The minimum absolute atomic E-state index is 0.157. The van der Waals surface area contributed by atoms with Crippen molar-refractivity contribution in [1.29, 1.82) is 0 Å². The predicted molar refractivity (Wildman–Crippen MR) is 85.9 cm³/mol. The smallest absolute Gasteiger partial charge is 0.352 e. The highest BCUT2D eigenvalue weighted by atomic mass is 16.7. The third-order valence-corrected chi connectivity index (χ3v) is 2.86. The maximum Gasteiger partial charge on any atom is 0.352 e. The lowest BCUT2D eigenvalue weighted by Crippen LogP contribution is -2.30. The summed E-state index contributed by atoms with van der Waals surface area (Å²) < 4.78 is 5.22. The molecule has 0 unspecified atom stereocenters. The lowest BCUT2D eigenvalue weighted by Gasteiger charge is -2.08. The van der Waals surface area contributed by atoms with E-state index in [0.717, 1.165) is 12.5 Å². The van der Waals surface area contributed by atoms with Gasteiger partial charge in [-0.25, -0.2) is 9.59 Å². The normalized spacial score (nSPS) is 9.71. The van der Waals surface area contributed by atoms with Crippen molar-refractivity contribution in [3.8, 4) is 0 Å². The van der Waals surface area contributed by atoms with Crippen molar-refractivity contribution >= 4 is 23.7 Å². The molecule has 0 fully saturated rings. The first kappa shape index (κ1) is 17.0. The van der Waals surface area contributed by atoms with Crippen LogP contribution in [-0.4, -0.2) is 18.0 Å². The van der Waals surface area contributed by atoms with Gasteiger partial charge in [0.25, 0.3) is 0 Å². The number of rotatable bonds is 4. The predicted octanol–water partition coefficient (Wildman–Crippen LogP) is 2.64. The van der Waals surface area contributed by atoms with Crippen molar-refractivity contribution in [2.24, 2.45) is 0 Å². The Morgan fingerprint density at radius 2 is 1.75 bits per heavy atom. The summed E-state index contributed by atoms with van der Waals surface area (Å²) in [6, 6.07) is 14.8. The molecule has 2 rings (SSSR count). The van der Waals surface area contributed by atoms with Crippen LogP contribution in [0.1, 0.15) is 22.8 Å². The van der Waals surface area contributed by atoms with E-state index in [-0.39, 0.29) is 12.2 Å². The highest BCUT2D eigenvalue weighted by molar-refractivity contribution is 5.93. The Morgan fingerprint density at radius 3 is 2.46 bits per heavy atom. The van der Waals surface area contributed by atoms with Crippen LogP contribution >= 0.6 is 0 Å². The van der Waals surface area contributed by atoms with Crippen molar-refractivity contribution < 1.29 is 24.0 Å². The molecule has 0 radical (unpaired) electrons. The number of nitrogens with one attached hydrogen (secondary N) is 2. The van der Waals surface area contributed by atoms with E-state index < -0.39 is 18.0 Å². The number of esters is 1. The summed E-state index contributed by atoms with van der Waals surface area (Å²) in [6.07, 6.45) is 0. The Labute approximate surface area is 138 Å². The molecule has 2 aromatic rings. The Balaban J connectivity index is 1.92. The molecule has 124 valence electrons. The summed E-state index contributed by atoms with van der Waals surface area (Å²) >= 11 is 0. The summed E-state index contributed by atoms with van der Waals surface area (Å²) in [4.78, 5) is 38.5. The van der Waals surface area contributed by atoms with E-state index in [2.05, 4.69) is 10.2 Å². The van der Waals surface area contributed by atoms with Crippen LogP contribution in [0.25, 0.3) is 0 Å². The molecule has 2 aromatic carbocycles. The molecular weight excluding hydrogens is 312 g/mol. The number of ether oxygens (including phenoxy) is 1. The first-order valence-electron chi connectivity index (χ1n) is 7.10. The van der Waals surface area contributed by atoms with Gasteiger partial charge in [0.1, 0.15) is 6.61 Å². The molecule has 0 spiro atoms. The van der Waals surface area contributed by atoms with Crippen LogP contribution in [0.2, 0.25) is 0 Å². The Hall–Kier alpha value is -3.35. The van der Waals surface area contributed by atoms with E-state index in [1.165, 1.54) is 6.07 Å². The maximum absolute atomic E-state index is 12.1. The molecule has 24 heavy (non-hydrogen) atoms. The number of amides is 2. The van der Waals surface area contributed by atoms with Crippen LogP contribution in [0.5, 0.6) is 0 Å². The fourth-order valence-corrected chi connectivity index (χ4v) is 1.81. The van der Waals surface area contributed by atoms with Crippen LogP contribution in [0.15, 0.2) is 54.6 Å². The molecule has 2 amide bonds. The molecule has 0 bridgehead atoms. The number of hydrogen-bond donors (Lipinski definition) is 2. The fraction of sp³-hybridized carbons (Fsp3) is 0.118. The second-order valence-corrected chi connectivity index (χ2v) is 4.79. The quantitative estimate of drug-likeness (QED) is 0.665. The molecule has 0 aromatic heterocycles. The molecular formula is C17H16N2O5. The van der Waals surface area contributed by atoms with Crippen LogP contribution in [-0.2, 0) is 21.0 Å². The summed E-state index contributed by atoms with van der Waals surface area (Å²) in [5, 5.41) is 2.43. The van der Waals surface area contributed by atoms with Crippen LogP contribution in [0.4, 0.5) is 10.5 Å².